The molecule has 0 unspecified atom stereocenters. The maximum atomic E-state index is 13.8. The summed E-state index contributed by atoms with van der Waals surface area (Å²) < 4.78 is 47.9. The van der Waals surface area contributed by atoms with Crippen molar-refractivity contribution in [3.63, 3.8) is 0 Å². The predicted molar refractivity (Wildman–Crippen MR) is 111 cm³/mol. The summed E-state index contributed by atoms with van der Waals surface area (Å²) in [5.41, 5.74) is 3.40. The lowest BCUT2D eigenvalue weighted by Crippen LogP contribution is -2.14. The minimum atomic E-state index is -4.84. The number of halogens is 4. The van der Waals surface area contributed by atoms with Gasteiger partial charge in [-0.15, -0.1) is 0 Å². The first-order valence-corrected chi connectivity index (χ1v) is 9.48. The number of ether oxygens (including phenoxy) is 1. The van der Waals surface area contributed by atoms with E-state index in [0.717, 1.165) is 22.9 Å². The van der Waals surface area contributed by atoms with Crippen LogP contribution in [0.5, 0.6) is 11.6 Å². The van der Waals surface area contributed by atoms with Crippen LogP contribution >= 0.6 is 11.6 Å². The Hall–Kier alpha value is -4.12. The number of aromatic nitrogens is 3. The maximum Gasteiger partial charge on any atom is 0.417 e. The fourth-order valence-electron chi connectivity index (χ4n) is 3.31. The van der Waals surface area contributed by atoms with E-state index in [1.54, 1.807) is 0 Å². The maximum absolute atomic E-state index is 13.8. The number of benzene rings is 2. The van der Waals surface area contributed by atoms with Crippen LogP contribution in [0.25, 0.3) is 22.0 Å². The number of amides is 1. The van der Waals surface area contributed by atoms with Gasteiger partial charge in [0, 0.05) is 35.0 Å². The zero-order valence-corrected chi connectivity index (χ0v) is 17.1. The summed E-state index contributed by atoms with van der Waals surface area (Å²) in [6.45, 7) is 0. The number of hydrogen-bond acceptors (Lipinski definition) is 5. The van der Waals surface area contributed by atoms with Crippen LogP contribution in [0.2, 0.25) is 5.28 Å². The molecule has 8 nitrogen and oxygen atoms in total. The lowest BCUT2D eigenvalue weighted by molar-refractivity contribution is -0.137. The first-order chi connectivity index (χ1) is 15.5. The topological polar surface area (TPSA) is 120 Å². The number of carboxylic acid groups (broad SMARTS) is 1. The van der Waals surface area contributed by atoms with E-state index >= 15 is 0 Å². The summed E-state index contributed by atoms with van der Waals surface area (Å²) in [5.74, 6) is -0.779. The molecule has 2 aromatic carbocycles. The minimum Gasteiger partial charge on any atom is -0.464 e. The Bertz CT molecular complexity index is 1420. The summed E-state index contributed by atoms with van der Waals surface area (Å²) in [5, 5.41) is 9.63. The van der Waals surface area contributed by atoms with E-state index in [2.05, 4.69) is 9.97 Å². The highest BCUT2D eigenvalue weighted by Crippen LogP contribution is 2.41. The summed E-state index contributed by atoms with van der Waals surface area (Å²) in [6.07, 6.45) is -3.83. The van der Waals surface area contributed by atoms with Crippen LogP contribution in [0.4, 0.5) is 18.0 Å². The molecule has 1 amide bonds. The van der Waals surface area contributed by atoms with E-state index in [4.69, 9.17) is 22.1 Å². The number of nitrogens with zero attached hydrogens (tertiary/aromatic N) is 3. The standard InChI is InChI=1S/C21H12ClF3N4O4/c22-19-27-6-5-17(28-19)33-11-2-4-16-13(8-11)14(9-29(16)20(31)32)12-3-1-10(18(26)30)7-15(12)21(23,24)25/h1-9H,(H2,26,30)(H,31,32). The number of rotatable bonds is 4. The molecule has 12 heteroatoms. The fraction of sp³-hybridized carbons (Fsp3) is 0.0476. The lowest BCUT2D eigenvalue weighted by Gasteiger charge is -2.14. The average Bonchev–Trinajstić information content (AvgIpc) is 3.11. The minimum absolute atomic E-state index is 0.0399. The molecule has 0 saturated carbocycles. The van der Waals surface area contributed by atoms with Crippen LogP contribution < -0.4 is 10.5 Å². The molecule has 168 valence electrons. The molecular weight excluding hydrogens is 465 g/mol. The van der Waals surface area contributed by atoms with Crippen molar-refractivity contribution in [1.82, 2.24) is 14.5 Å². The Labute approximate surface area is 188 Å². The number of carbonyl (C=O) groups is 2. The Balaban J connectivity index is 1.93. The van der Waals surface area contributed by atoms with Gasteiger partial charge in [-0.05, 0) is 47.5 Å². The largest absolute Gasteiger partial charge is 0.464 e. The molecule has 0 saturated heterocycles. The van der Waals surface area contributed by atoms with Gasteiger partial charge in [0.05, 0.1) is 11.1 Å². The molecule has 2 heterocycles. The molecule has 33 heavy (non-hydrogen) atoms. The zero-order chi connectivity index (χ0) is 23.9. The number of fused-ring (bicyclic) bond motifs is 1. The Morgan fingerprint density at radius 3 is 2.48 bits per heavy atom. The Morgan fingerprint density at radius 1 is 1.09 bits per heavy atom. The van der Waals surface area contributed by atoms with E-state index in [-0.39, 0.29) is 44.5 Å². The summed E-state index contributed by atoms with van der Waals surface area (Å²) in [4.78, 5) is 30.7. The summed E-state index contributed by atoms with van der Waals surface area (Å²) >= 11 is 5.73. The van der Waals surface area contributed by atoms with Gasteiger partial charge in [0.2, 0.25) is 17.1 Å². The van der Waals surface area contributed by atoms with Crippen molar-refractivity contribution in [3.8, 4) is 22.8 Å². The van der Waals surface area contributed by atoms with Crippen LogP contribution in [0.1, 0.15) is 15.9 Å². The Morgan fingerprint density at radius 2 is 1.85 bits per heavy atom. The van der Waals surface area contributed by atoms with Crippen molar-refractivity contribution >= 4 is 34.5 Å². The van der Waals surface area contributed by atoms with Gasteiger partial charge in [-0.1, -0.05) is 6.07 Å². The second kappa shape index (κ2) is 8.10. The second-order valence-electron chi connectivity index (χ2n) is 6.76. The molecule has 4 aromatic rings. The third kappa shape index (κ3) is 4.30. The van der Waals surface area contributed by atoms with Crippen molar-refractivity contribution in [2.75, 3.05) is 0 Å². The van der Waals surface area contributed by atoms with Crippen LogP contribution in [0.15, 0.2) is 54.9 Å². The number of nitrogens with two attached hydrogens (primary N) is 1. The predicted octanol–water partition coefficient (Wildman–Crippen LogP) is 5.19. The molecule has 0 spiro atoms. The number of carbonyl (C=O) groups excluding carboxylic acids is 1. The molecule has 0 bridgehead atoms. The molecule has 2 aromatic heterocycles. The summed E-state index contributed by atoms with van der Waals surface area (Å²) in [6, 6.07) is 8.46. The van der Waals surface area contributed by atoms with Crippen molar-refractivity contribution in [2.45, 2.75) is 6.18 Å². The Kier molecular flexibility index (Phi) is 5.42. The van der Waals surface area contributed by atoms with Gasteiger partial charge in [-0.25, -0.2) is 9.78 Å². The number of alkyl halides is 3. The quantitative estimate of drug-likeness (QED) is 0.391. The highest BCUT2D eigenvalue weighted by atomic mass is 35.5. The SMILES string of the molecule is NC(=O)c1ccc(-c2cn(C(=O)O)c3ccc(Oc4ccnc(Cl)n4)cc23)c(C(F)(F)F)c1. The van der Waals surface area contributed by atoms with Gasteiger partial charge in [0.15, 0.2) is 0 Å². The van der Waals surface area contributed by atoms with E-state index in [9.17, 15) is 27.9 Å². The van der Waals surface area contributed by atoms with Crippen LogP contribution in [0, 0.1) is 0 Å². The molecule has 4 rings (SSSR count). The third-order valence-corrected chi connectivity index (χ3v) is 4.89. The van der Waals surface area contributed by atoms with E-state index in [0.29, 0.717) is 6.07 Å². The van der Waals surface area contributed by atoms with Gasteiger partial charge in [0.25, 0.3) is 0 Å². The smallest absolute Gasteiger partial charge is 0.417 e. The molecule has 3 N–H and O–H groups in total. The molecular formula is C21H12ClF3N4O4. The molecule has 0 aliphatic rings. The second-order valence-corrected chi connectivity index (χ2v) is 7.10. The van der Waals surface area contributed by atoms with Crippen molar-refractivity contribution in [1.29, 1.82) is 0 Å². The normalized spacial score (nSPS) is 11.5. The molecule has 0 atom stereocenters. The van der Waals surface area contributed by atoms with Crippen molar-refractivity contribution < 1.29 is 32.6 Å². The van der Waals surface area contributed by atoms with Gasteiger partial charge in [-0.2, -0.15) is 18.2 Å². The fourth-order valence-corrected chi connectivity index (χ4v) is 3.45. The average molecular weight is 477 g/mol. The first kappa shape index (κ1) is 22.1. The van der Waals surface area contributed by atoms with Gasteiger partial charge in [0.1, 0.15) is 5.75 Å². The highest BCUT2D eigenvalue weighted by Gasteiger charge is 2.35. The van der Waals surface area contributed by atoms with Crippen LogP contribution in [-0.2, 0) is 6.18 Å². The van der Waals surface area contributed by atoms with Gasteiger partial charge in [-0.3, -0.25) is 9.36 Å². The van der Waals surface area contributed by atoms with E-state index in [1.807, 2.05) is 0 Å². The highest BCUT2D eigenvalue weighted by molar-refractivity contribution is 6.28. The van der Waals surface area contributed by atoms with Crippen LogP contribution in [-0.4, -0.2) is 31.6 Å². The lowest BCUT2D eigenvalue weighted by atomic mass is 9.96. The zero-order valence-electron chi connectivity index (χ0n) is 16.3. The molecule has 0 fully saturated rings. The molecule has 0 radical (unpaired) electrons. The number of hydrogen-bond donors (Lipinski definition) is 2. The van der Waals surface area contributed by atoms with Crippen LogP contribution in [0.3, 0.4) is 0 Å². The summed E-state index contributed by atoms with van der Waals surface area (Å²) in [7, 11) is 0. The van der Waals surface area contributed by atoms with Gasteiger partial charge >= 0.3 is 12.3 Å². The van der Waals surface area contributed by atoms with Gasteiger partial charge < -0.3 is 15.6 Å². The third-order valence-electron chi connectivity index (χ3n) is 4.70. The molecule has 0 aliphatic heterocycles. The monoisotopic (exact) mass is 476 g/mol. The van der Waals surface area contributed by atoms with Crippen molar-refractivity contribution in [3.05, 3.63) is 71.3 Å². The number of primary amides is 1. The first-order valence-electron chi connectivity index (χ1n) is 9.11. The van der Waals surface area contributed by atoms with E-state index < -0.39 is 23.7 Å². The van der Waals surface area contributed by atoms with E-state index in [1.165, 1.54) is 30.5 Å². The van der Waals surface area contributed by atoms with Crippen molar-refractivity contribution in [2.24, 2.45) is 5.73 Å². The molecule has 0 aliphatic carbocycles.